The number of hydrogen-bond acceptors (Lipinski definition) is 2. The molecule has 2 unspecified atom stereocenters. The Balaban J connectivity index is 2.01. The molecule has 2 heteroatoms. The van der Waals surface area contributed by atoms with E-state index in [0.29, 0.717) is 12.0 Å². The van der Waals surface area contributed by atoms with E-state index in [9.17, 15) is 0 Å². The van der Waals surface area contributed by atoms with Crippen LogP contribution in [0.15, 0.2) is 30.3 Å². The highest BCUT2D eigenvalue weighted by Crippen LogP contribution is 2.31. The van der Waals surface area contributed by atoms with Crippen molar-refractivity contribution in [3.8, 4) is 0 Å². The van der Waals surface area contributed by atoms with Crippen molar-refractivity contribution in [2.24, 2.45) is 11.8 Å². The summed E-state index contributed by atoms with van der Waals surface area (Å²) < 4.78 is 0. The molecule has 21 heavy (non-hydrogen) atoms. The zero-order chi connectivity index (χ0) is 15.2. The minimum Gasteiger partial charge on any atom is -0.310 e. The van der Waals surface area contributed by atoms with E-state index in [4.69, 9.17) is 0 Å². The van der Waals surface area contributed by atoms with Gasteiger partial charge in [-0.05, 0) is 36.8 Å². The van der Waals surface area contributed by atoms with Gasteiger partial charge in [0.15, 0.2) is 0 Å². The molecule has 1 aromatic rings. The van der Waals surface area contributed by atoms with Crippen LogP contribution < -0.4 is 5.32 Å². The van der Waals surface area contributed by atoms with Gasteiger partial charge >= 0.3 is 0 Å². The fourth-order valence-electron chi connectivity index (χ4n) is 3.28. The molecule has 0 radical (unpaired) electrons. The molecule has 0 spiro atoms. The van der Waals surface area contributed by atoms with Crippen molar-refractivity contribution in [1.29, 1.82) is 0 Å². The third kappa shape index (κ3) is 5.12. The average molecular weight is 288 g/mol. The molecular formula is C19H32N2. The molecule has 2 atom stereocenters. The molecule has 2 rings (SSSR count). The van der Waals surface area contributed by atoms with E-state index in [1.807, 2.05) is 0 Å². The molecule has 0 aromatic heterocycles. The lowest BCUT2D eigenvalue weighted by molar-refractivity contribution is 0.184. The fraction of sp³-hybridized carbons (Fsp3) is 0.684. The van der Waals surface area contributed by atoms with Gasteiger partial charge < -0.3 is 5.32 Å². The van der Waals surface area contributed by atoms with E-state index >= 15 is 0 Å². The predicted molar refractivity (Wildman–Crippen MR) is 91.5 cm³/mol. The smallest absolute Gasteiger partial charge is 0.0358 e. The minimum atomic E-state index is 0.463. The van der Waals surface area contributed by atoms with E-state index in [1.54, 1.807) is 0 Å². The highest BCUT2D eigenvalue weighted by atomic mass is 15.2. The van der Waals surface area contributed by atoms with Crippen LogP contribution in [0.1, 0.15) is 52.1 Å². The van der Waals surface area contributed by atoms with Crippen molar-refractivity contribution in [3.05, 3.63) is 35.9 Å². The van der Waals surface area contributed by atoms with Gasteiger partial charge in [-0.2, -0.15) is 0 Å². The molecule has 1 fully saturated rings. The first-order chi connectivity index (χ1) is 10.1. The van der Waals surface area contributed by atoms with Crippen molar-refractivity contribution < 1.29 is 0 Å². The second-order valence-electron chi connectivity index (χ2n) is 7.00. The summed E-state index contributed by atoms with van der Waals surface area (Å²) in [5, 5.41) is 3.69. The molecule has 2 nitrogen and oxygen atoms in total. The monoisotopic (exact) mass is 288 g/mol. The molecule has 1 aromatic carbocycles. The maximum absolute atomic E-state index is 3.69. The second-order valence-corrected chi connectivity index (χ2v) is 7.00. The molecule has 1 aliphatic rings. The normalized spacial score (nSPS) is 18.2. The summed E-state index contributed by atoms with van der Waals surface area (Å²) in [6.07, 6.45) is 2.80. The van der Waals surface area contributed by atoms with Gasteiger partial charge in [-0.1, -0.05) is 58.0 Å². The lowest BCUT2D eigenvalue weighted by Gasteiger charge is -2.32. The van der Waals surface area contributed by atoms with Gasteiger partial charge in [0.25, 0.3) is 0 Å². The number of hydrogen-bond donors (Lipinski definition) is 1. The third-order valence-corrected chi connectivity index (χ3v) is 4.34. The molecule has 0 amide bonds. The summed E-state index contributed by atoms with van der Waals surface area (Å²) >= 11 is 0. The van der Waals surface area contributed by atoms with Crippen LogP contribution in [0, 0.1) is 11.8 Å². The summed E-state index contributed by atoms with van der Waals surface area (Å²) in [7, 11) is 0. The number of nitrogens with zero attached hydrogens (tertiary/aromatic N) is 1. The Hall–Kier alpha value is -0.860. The van der Waals surface area contributed by atoms with Crippen molar-refractivity contribution in [1.82, 2.24) is 10.2 Å². The Kier molecular flexibility index (Phi) is 6.25. The first-order valence-corrected chi connectivity index (χ1v) is 8.64. The highest BCUT2D eigenvalue weighted by molar-refractivity contribution is 5.19. The summed E-state index contributed by atoms with van der Waals surface area (Å²) in [5.74, 6) is 1.39. The van der Waals surface area contributed by atoms with E-state index in [0.717, 1.165) is 18.5 Å². The lowest BCUT2D eigenvalue weighted by atomic mass is 9.93. The van der Waals surface area contributed by atoms with Crippen molar-refractivity contribution in [3.63, 3.8) is 0 Å². The molecule has 0 bridgehead atoms. The third-order valence-electron chi connectivity index (χ3n) is 4.34. The first-order valence-electron chi connectivity index (χ1n) is 8.64. The maximum atomic E-state index is 3.69. The SMILES string of the molecule is CCNC(c1ccccc1)C(C)CN(CC(C)C)C1CC1. The van der Waals surface area contributed by atoms with Gasteiger partial charge in [0, 0.05) is 25.2 Å². The van der Waals surface area contributed by atoms with E-state index in [1.165, 1.54) is 31.5 Å². The van der Waals surface area contributed by atoms with Gasteiger partial charge in [-0.15, -0.1) is 0 Å². The second kappa shape index (κ2) is 7.95. The Labute approximate surface area is 130 Å². The maximum Gasteiger partial charge on any atom is 0.0358 e. The van der Waals surface area contributed by atoms with Crippen molar-refractivity contribution in [2.75, 3.05) is 19.6 Å². The number of rotatable bonds is 9. The lowest BCUT2D eigenvalue weighted by Crippen LogP contribution is -2.38. The van der Waals surface area contributed by atoms with E-state index in [2.05, 4.69) is 68.2 Å². The van der Waals surface area contributed by atoms with Gasteiger partial charge in [0.05, 0.1) is 0 Å². The van der Waals surface area contributed by atoms with E-state index in [-0.39, 0.29) is 0 Å². The minimum absolute atomic E-state index is 0.463. The van der Waals surface area contributed by atoms with Crippen LogP contribution >= 0.6 is 0 Å². The molecule has 0 heterocycles. The highest BCUT2D eigenvalue weighted by Gasteiger charge is 2.31. The van der Waals surface area contributed by atoms with Crippen LogP contribution in [0.2, 0.25) is 0 Å². The van der Waals surface area contributed by atoms with Crippen LogP contribution in [-0.4, -0.2) is 30.6 Å². The Morgan fingerprint density at radius 1 is 1.10 bits per heavy atom. The molecule has 0 saturated heterocycles. The topological polar surface area (TPSA) is 15.3 Å². The van der Waals surface area contributed by atoms with E-state index < -0.39 is 0 Å². The zero-order valence-electron chi connectivity index (χ0n) is 14.2. The predicted octanol–water partition coefficient (Wildman–Crippen LogP) is 4.09. The van der Waals surface area contributed by atoms with Crippen LogP contribution in [0.3, 0.4) is 0 Å². The largest absolute Gasteiger partial charge is 0.310 e. The molecule has 118 valence electrons. The molecule has 1 aliphatic carbocycles. The number of benzene rings is 1. The van der Waals surface area contributed by atoms with Crippen LogP contribution in [-0.2, 0) is 0 Å². The van der Waals surface area contributed by atoms with Crippen LogP contribution in [0.25, 0.3) is 0 Å². The fourth-order valence-corrected chi connectivity index (χ4v) is 3.28. The summed E-state index contributed by atoms with van der Waals surface area (Å²) in [6.45, 7) is 12.7. The Bertz CT molecular complexity index is 397. The summed E-state index contributed by atoms with van der Waals surface area (Å²) in [4.78, 5) is 2.72. The number of nitrogens with one attached hydrogen (secondary N) is 1. The Morgan fingerprint density at radius 3 is 2.29 bits per heavy atom. The van der Waals surface area contributed by atoms with Crippen molar-refractivity contribution >= 4 is 0 Å². The van der Waals surface area contributed by atoms with Gasteiger partial charge in [0.1, 0.15) is 0 Å². The first kappa shape index (κ1) is 16.5. The summed E-state index contributed by atoms with van der Waals surface area (Å²) in [5.41, 5.74) is 1.42. The average Bonchev–Trinajstić information content (AvgIpc) is 3.29. The summed E-state index contributed by atoms with van der Waals surface area (Å²) in [6, 6.07) is 12.2. The molecular weight excluding hydrogens is 256 g/mol. The molecule has 1 N–H and O–H groups in total. The molecule has 0 aliphatic heterocycles. The van der Waals surface area contributed by atoms with Gasteiger partial charge in [-0.3, -0.25) is 4.90 Å². The van der Waals surface area contributed by atoms with Gasteiger partial charge in [-0.25, -0.2) is 0 Å². The zero-order valence-corrected chi connectivity index (χ0v) is 14.2. The van der Waals surface area contributed by atoms with Crippen LogP contribution in [0.4, 0.5) is 0 Å². The Morgan fingerprint density at radius 2 is 1.76 bits per heavy atom. The molecule has 1 saturated carbocycles. The quantitative estimate of drug-likeness (QED) is 0.736. The van der Waals surface area contributed by atoms with Crippen molar-refractivity contribution in [2.45, 2.75) is 52.6 Å². The standard InChI is InChI=1S/C19H32N2/c1-5-20-19(17-9-7-6-8-10-17)16(4)14-21(13-15(2)3)18-11-12-18/h6-10,15-16,18-20H,5,11-14H2,1-4H3. The van der Waals surface area contributed by atoms with Gasteiger partial charge in [0.2, 0.25) is 0 Å². The van der Waals surface area contributed by atoms with Crippen LogP contribution in [0.5, 0.6) is 0 Å².